The van der Waals surface area contributed by atoms with Crippen molar-refractivity contribution < 1.29 is 46.9 Å². The molecule has 6 atom stereocenters. The van der Waals surface area contributed by atoms with Crippen molar-refractivity contribution in [2.24, 2.45) is 0 Å². The van der Waals surface area contributed by atoms with Gasteiger partial charge in [0.05, 0.1) is 19.5 Å². The summed E-state index contributed by atoms with van der Waals surface area (Å²) in [6.07, 6.45) is 14.0. The lowest BCUT2D eigenvalue weighted by atomic mass is 9.99. The fourth-order valence-corrected chi connectivity index (χ4v) is 8.06. The standard InChI is InChI=1S/C40H58FN6O9P/c1-5-8-10-12-14-19-23-52-37(49)29(4)56-57(51,46-31(25-30-21-17-16-18-22-30)38(50)53-24-20-15-13-11-9-6-2)54-27-40(7-3)32(48)26-33(55-40)47-28-43-34-35(42)44-39(41)45-36(34)47/h3,16-18,21-22,28-29,31-33,48H,5-6,8-15,19-20,23-27H2,1-2,4H3,(H,46,51)(H2,42,44,45)/t29-,31-,32-,33+,40+,57-/m0/s1. The smallest absolute Gasteiger partial charge is 0.407 e. The van der Waals surface area contributed by atoms with Crippen molar-refractivity contribution in [3.8, 4) is 12.3 Å². The topological polar surface area (TPSA) is 199 Å². The highest BCUT2D eigenvalue weighted by atomic mass is 31.2. The fraction of sp³-hybridized carbons (Fsp3) is 0.625. The van der Waals surface area contributed by atoms with Crippen LogP contribution in [0.3, 0.4) is 0 Å². The quantitative estimate of drug-likeness (QED) is 0.0253. The molecule has 0 radical (unpaired) electrons. The normalized spacial score (nSPS) is 20.1. The van der Waals surface area contributed by atoms with Gasteiger partial charge in [0.15, 0.2) is 28.7 Å². The monoisotopic (exact) mass is 816 g/mol. The largest absolute Gasteiger partial charge is 0.465 e. The number of nitrogens with two attached hydrogens (primary N) is 1. The van der Waals surface area contributed by atoms with Gasteiger partial charge in [-0.05, 0) is 31.7 Å². The number of carbonyl (C=O) groups excluding carboxylic acids is 2. The summed E-state index contributed by atoms with van der Waals surface area (Å²) in [6, 6.07) is 7.75. The number of fused-ring (bicyclic) bond motifs is 1. The number of unbranched alkanes of at least 4 members (excludes halogenated alkanes) is 10. The second-order valence-corrected chi connectivity index (χ2v) is 16.0. The van der Waals surface area contributed by atoms with E-state index in [1.165, 1.54) is 17.8 Å². The van der Waals surface area contributed by atoms with Crippen molar-refractivity contribution in [2.45, 2.75) is 141 Å². The number of hydrogen-bond donors (Lipinski definition) is 3. The van der Waals surface area contributed by atoms with E-state index < -0.39 is 62.4 Å². The van der Waals surface area contributed by atoms with Crippen molar-refractivity contribution in [2.75, 3.05) is 25.6 Å². The van der Waals surface area contributed by atoms with Crippen molar-refractivity contribution in [1.29, 1.82) is 0 Å². The van der Waals surface area contributed by atoms with E-state index in [4.69, 9.17) is 35.4 Å². The number of esters is 2. The number of halogens is 1. The number of anilines is 1. The number of nitrogen functional groups attached to an aromatic ring is 1. The maximum absolute atomic E-state index is 14.8. The zero-order valence-corrected chi connectivity index (χ0v) is 34.2. The molecule has 0 amide bonds. The Labute approximate surface area is 334 Å². The Bertz CT molecular complexity index is 1810. The molecule has 0 unspecified atom stereocenters. The molecule has 1 aliphatic rings. The molecule has 4 rings (SSSR count). The fourth-order valence-electron chi connectivity index (χ4n) is 6.43. The Morgan fingerprint density at radius 1 is 1.04 bits per heavy atom. The maximum Gasteiger partial charge on any atom is 0.407 e. The van der Waals surface area contributed by atoms with Crippen LogP contribution in [-0.4, -0.2) is 80.2 Å². The van der Waals surface area contributed by atoms with Gasteiger partial charge in [-0.1, -0.05) is 114 Å². The molecule has 0 aliphatic carbocycles. The van der Waals surface area contributed by atoms with E-state index >= 15 is 0 Å². The van der Waals surface area contributed by atoms with Crippen LogP contribution in [0.15, 0.2) is 36.7 Å². The van der Waals surface area contributed by atoms with Gasteiger partial charge in [-0.3, -0.25) is 18.4 Å². The molecule has 57 heavy (non-hydrogen) atoms. The molecule has 0 bridgehead atoms. The number of terminal acetylenes is 1. The second kappa shape index (κ2) is 22.8. The second-order valence-electron chi connectivity index (χ2n) is 14.3. The van der Waals surface area contributed by atoms with Crippen LogP contribution in [0.5, 0.6) is 0 Å². The molecule has 0 saturated carbocycles. The van der Waals surface area contributed by atoms with Gasteiger partial charge in [0.1, 0.15) is 25.0 Å². The Morgan fingerprint density at radius 3 is 2.28 bits per heavy atom. The number of ether oxygens (including phenoxy) is 3. The summed E-state index contributed by atoms with van der Waals surface area (Å²) in [4.78, 5) is 38.2. The van der Waals surface area contributed by atoms with Crippen LogP contribution in [0, 0.1) is 18.4 Å². The van der Waals surface area contributed by atoms with Gasteiger partial charge in [0.2, 0.25) is 0 Å². The number of aliphatic hydroxyl groups is 1. The SMILES string of the molecule is C#C[C@]1(CO[P@@](=O)(N[C@@H](Cc2ccccc2)C(=O)OCCCCCCCC)O[C@@H](C)C(=O)OCCCCCCCC)O[C@@H](n2cnc3c(N)nc(F)nc32)C[C@@H]1O. The number of hydrogen-bond acceptors (Lipinski definition) is 13. The maximum atomic E-state index is 14.8. The predicted molar refractivity (Wildman–Crippen MR) is 212 cm³/mol. The van der Waals surface area contributed by atoms with E-state index in [1.807, 2.05) is 6.07 Å². The van der Waals surface area contributed by atoms with E-state index in [1.54, 1.807) is 24.3 Å². The Balaban J connectivity index is 1.54. The third kappa shape index (κ3) is 13.6. The number of aromatic nitrogens is 4. The summed E-state index contributed by atoms with van der Waals surface area (Å²) >= 11 is 0. The third-order valence-electron chi connectivity index (χ3n) is 9.73. The van der Waals surface area contributed by atoms with Crippen molar-refractivity contribution >= 4 is 36.7 Å². The van der Waals surface area contributed by atoms with Gasteiger partial charge < -0.3 is 25.1 Å². The molecule has 4 N–H and O–H groups in total. The highest BCUT2D eigenvalue weighted by Gasteiger charge is 2.50. The first-order valence-corrected chi connectivity index (χ1v) is 21.6. The van der Waals surface area contributed by atoms with Crippen LogP contribution < -0.4 is 10.8 Å². The van der Waals surface area contributed by atoms with Crippen LogP contribution >= 0.6 is 7.75 Å². The van der Waals surface area contributed by atoms with Crippen LogP contribution in [0.4, 0.5) is 10.2 Å². The number of nitrogens with one attached hydrogen (secondary N) is 1. The lowest BCUT2D eigenvalue weighted by Crippen LogP contribution is -2.44. The highest BCUT2D eigenvalue weighted by molar-refractivity contribution is 7.51. The summed E-state index contributed by atoms with van der Waals surface area (Å²) in [7, 11) is -4.70. The average Bonchev–Trinajstić information content (AvgIpc) is 3.77. The molecule has 2 aromatic heterocycles. The lowest BCUT2D eigenvalue weighted by Gasteiger charge is -2.31. The van der Waals surface area contributed by atoms with E-state index in [2.05, 4.69) is 39.8 Å². The van der Waals surface area contributed by atoms with Crippen LogP contribution in [0.1, 0.15) is 116 Å². The number of aliphatic hydroxyl groups excluding tert-OH is 1. The number of benzene rings is 1. The van der Waals surface area contributed by atoms with Crippen molar-refractivity contribution in [3.05, 3.63) is 48.3 Å². The minimum absolute atomic E-state index is 0.00173. The summed E-state index contributed by atoms with van der Waals surface area (Å²) in [6.45, 7) is 5.19. The molecule has 1 aliphatic heterocycles. The molecule has 3 heterocycles. The highest BCUT2D eigenvalue weighted by Crippen LogP contribution is 2.49. The Hall–Kier alpha value is -3.97. The molecular weight excluding hydrogens is 758 g/mol. The van der Waals surface area contributed by atoms with Gasteiger partial charge in [0, 0.05) is 6.42 Å². The van der Waals surface area contributed by atoms with Gasteiger partial charge >= 0.3 is 25.8 Å². The number of imidazole rings is 1. The summed E-state index contributed by atoms with van der Waals surface area (Å²) in [5.41, 5.74) is 4.71. The molecule has 0 spiro atoms. The lowest BCUT2D eigenvalue weighted by molar-refractivity contribution is -0.152. The zero-order chi connectivity index (χ0) is 41.3. The summed E-state index contributed by atoms with van der Waals surface area (Å²) in [5.74, 6) is 0.721. The summed E-state index contributed by atoms with van der Waals surface area (Å²) in [5, 5.41) is 14.0. The van der Waals surface area contributed by atoms with Gasteiger partial charge in [-0.25, -0.2) is 19.4 Å². The predicted octanol–water partition coefficient (Wildman–Crippen LogP) is 6.74. The molecule has 17 heteroatoms. The summed E-state index contributed by atoms with van der Waals surface area (Å²) < 4.78 is 59.2. The Morgan fingerprint density at radius 2 is 1.65 bits per heavy atom. The number of rotatable bonds is 26. The molecular formula is C40H58FN6O9P. The molecule has 1 saturated heterocycles. The average molecular weight is 817 g/mol. The van der Waals surface area contributed by atoms with Gasteiger partial charge in [-0.2, -0.15) is 14.4 Å². The van der Waals surface area contributed by atoms with Crippen LogP contribution in [-0.2, 0) is 43.8 Å². The zero-order valence-electron chi connectivity index (χ0n) is 33.3. The van der Waals surface area contributed by atoms with Crippen molar-refractivity contribution in [3.63, 3.8) is 0 Å². The van der Waals surface area contributed by atoms with Crippen LogP contribution in [0.2, 0.25) is 0 Å². The first-order chi connectivity index (χ1) is 27.4. The van der Waals surface area contributed by atoms with Crippen molar-refractivity contribution in [1.82, 2.24) is 24.6 Å². The minimum atomic E-state index is -4.70. The molecule has 15 nitrogen and oxygen atoms in total. The van der Waals surface area contributed by atoms with E-state index in [0.717, 1.165) is 69.8 Å². The van der Waals surface area contributed by atoms with Gasteiger partial charge in [0.25, 0.3) is 0 Å². The van der Waals surface area contributed by atoms with Gasteiger partial charge in [-0.15, -0.1) is 6.42 Å². The number of nitrogens with zero attached hydrogens (tertiary/aromatic N) is 4. The molecule has 314 valence electrons. The molecule has 3 aromatic rings. The Kier molecular flexibility index (Phi) is 18.3. The van der Waals surface area contributed by atoms with Crippen LogP contribution in [0.25, 0.3) is 11.2 Å². The molecule has 1 aromatic carbocycles. The van der Waals surface area contributed by atoms with E-state index in [0.29, 0.717) is 12.8 Å². The third-order valence-corrected chi connectivity index (χ3v) is 11.4. The van der Waals surface area contributed by atoms with E-state index in [9.17, 15) is 23.7 Å². The van der Waals surface area contributed by atoms with E-state index in [-0.39, 0.29) is 43.0 Å². The molecule has 1 fully saturated rings. The number of carbonyl (C=O) groups is 2. The minimum Gasteiger partial charge on any atom is -0.465 e. The first kappa shape index (κ1) is 45.7. The first-order valence-electron chi connectivity index (χ1n) is 20.0.